The van der Waals surface area contributed by atoms with Crippen LogP contribution in [0.25, 0.3) is 0 Å². The zero-order chi connectivity index (χ0) is 10.9. The van der Waals surface area contributed by atoms with Crippen molar-refractivity contribution in [3.05, 3.63) is 0 Å². The smallest absolute Gasteiger partial charge is 0.410 e. The Morgan fingerprint density at radius 2 is 1.86 bits per heavy atom. The van der Waals surface area contributed by atoms with E-state index in [4.69, 9.17) is 10.5 Å². The summed E-state index contributed by atoms with van der Waals surface area (Å²) in [6.45, 7) is 9.05. The van der Waals surface area contributed by atoms with E-state index in [-0.39, 0.29) is 17.7 Å². The van der Waals surface area contributed by atoms with Gasteiger partial charge in [-0.25, -0.2) is 4.79 Å². The minimum Gasteiger partial charge on any atom is -0.447 e. The maximum absolute atomic E-state index is 11.4. The summed E-state index contributed by atoms with van der Waals surface area (Å²) in [5, 5.41) is 0. The van der Waals surface area contributed by atoms with E-state index in [0.29, 0.717) is 19.0 Å². The van der Waals surface area contributed by atoms with Crippen LogP contribution in [0.4, 0.5) is 4.79 Å². The third-order valence-electron chi connectivity index (χ3n) is 2.72. The van der Waals surface area contributed by atoms with Gasteiger partial charge >= 0.3 is 6.09 Å². The minimum absolute atomic E-state index is 0.0608. The summed E-state index contributed by atoms with van der Waals surface area (Å²) in [6.07, 6.45) is -0.309. The van der Waals surface area contributed by atoms with Gasteiger partial charge in [-0.1, -0.05) is 13.8 Å². The molecule has 0 unspecified atom stereocenters. The topological polar surface area (TPSA) is 55.6 Å². The van der Waals surface area contributed by atoms with E-state index in [1.165, 1.54) is 0 Å². The second-order valence-corrected chi connectivity index (χ2v) is 4.68. The first kappa shape index (κ1) is 11.3. The molecule has 4 heteroatoms. The molecule has 0 aliphatic carbocycles. The summed E-state index contributed by atoms with van der Waals surface area (Å²) in [4.78, 5) is 13.0. The lowest BCUT2D eigenvalue weighted by molar-refractivity contribution is 0.0103. The molecule has 1 rings (SSSR count). The van der Waals surface area contributed by atoms with Gasteiger partial charge in [0.1, 0.15) is 0 Å². The second-order valence-electron chi connectivity index (χ2n) is 4.68. The van der Waals surface area contributed by atoms with Gasteiger partial charge in [0.15, 0.2) is 0 Å². The Hall–Kier alpha value is -0.770. The first-order valence-electron chi connectivity index (χ1n) is 5.09. The highest BCUT2D eigenvalue weighted by Crippen LogP contribution is 2.26. The van der Waals surface area contributed by atoms with E-state index in [1.54, 1.807) is 4.90 Å². The summed E-state index contributed by atoms with van der Waals surface area (Å²) in [6, 6.07) is 0. The Morgan fingerprint density at radius 3 is 2.21 bits per heavy atom. The number of likely N-dealkylation sites (tertiary alicyclic amines) is 1. The maximum atomic E-state index is 11.4. The molecule has 1 amide bonds. The lowest BCUT2D eigenvalue weighted by atomic mass is 9.80. The third-order valence-corrected chi connectivity index (χ3v) is 2.72. The van der Waals surface area contributed by atoms with Crippen LogP contribution in [-0.4, -0.2) is 35.7 Å². The third kappa shape index (κ3) is 2.18. The predicted molar refractivity (Wildman–Crippen MR) is 54.9 cm³/mol. The number of nitrogens with two attached hydrogens (primary N) is 1. The normalized spacial score (nSPS) is 19.8. The molecule has 0 aromatic rings. The number of carbonyl (C=O) groups is 1. The van der Waals surface area contributed by atoms with Gasteiger partial charge in [0.05, 0.1) is 11.6 Å². The van der Waals surface area contributed by atoms with Crippen LogP contribution >= 0.6 is 0 Å². The van der Waals surface area contributed by atoms with E-state index in [0.717, 1.165) is 0 Å². The molecule has 82 valence electrons. The molecular formula is C10H20N2O2. The molecule has 0 saturated carbocycles. The van der Waals surface area contributed by atoms with Crippen LogP contribution in [-0.2, 0) is 4.74 Å². The van der Waals surface area contributed by atoms with Crippen molar-refractivity contribution in [3.8, 4) is 0 Å². The van der Waals surface area contributed by atoms with Gasteiger partial charge in [-0.05, 0) is 19.8 Å². The first-order valence-corrected chi connectivity index (χ1v) is 5.09. The number of rotatable bonds is 2. The molecule has 0 bridgehead atoms. The molecule has 1 aliphatic heterocycles. The minimum atomic E-state index is -0.248. The van der Waals surface area contributed by atoms with Crippen molar-refractivity contribution in [1.82, 2.24) is 4.90 Å². The summed E-state index contributed by atoms with van der Waals surface area (Å²) in [5.74, 6) is 0.394. The molecule has 4 nitrogen and oxygen atoms in total. The van der Waals surface area contributed by atoms with E-state index >= 15 is 0 Å². The number of nitrogens with zero attached hydrogens (tertiary/aromatic N) is 1. The van der Waals surface area contributed by atoms with Crippen molar-refractivity contribution in [1.29, 1.82) is 0 Å². The van der Waals surface area contributed by atoms with Gasteiger partial charge in [0.25, 0.3) is 0 Å². The summed E-state index contributed by atoms with van der Waals surface area (Å²) in [7, 11) is 0. The van der Waals surface area contributed by atoms with Gasteiger partial charge in [0.2, 0.25) is 0 Å². The highest BCUT2D eigenvalue weighted by Gasteiger charge is 2.44. The molecule has 0 spiro atoms. The van der Waals surface area contributed by atoms with Gasteiger partial charge < -0.3 is 15.4 Å². The van der Waals surface area contributed by atoms with Crippen LogP contribution in [0, 0.1) is 5.92 Å². The van der Waals surface area contributed by atoms with Crippen LogP contribution in [0.2, 0.25) is 0 Å². The molecule has 0 radical (unpaired) electrons. The molecule has 1 aliphatic rings. The van der Waals surface area contributed by atoms with Gasteiger partial charge in [0, 0.05) is 13.1 Å². The number of carbonyl (C=O) groups excluding carboxylic acids is 1. The standard InChI is InChI=1S/C10H20N2O2/c1-7(2)10(11)5-12(6-10)9(13)14-8(3)4/h7-8H,5-6,11H2,1-4H3. The van der Waals surface area contributed by atoms with Crippen LogP contribution in [0.5, 0.6) is 0 Å². The number of amides is 1. The van der Waals surface area contributed by atoms with Crippen molar-refractivity contribution < 1.29 is 9.53 Å². The van der Waals surface area contributed by atoms with Crippen molar-refractivity contribution in [2.45, 2.75) is 39.3 Å². The molecule has 0 aromatic carbocycles. The molecule has 2 N–H and O–H groups in total. The zero-order valence-corrected chi connectivity index (χ0v) is 9.41. The Kier molecular flexibility index (Phi) is 3.04. The molecule has 0 aromatic heterocycles. The van der Waals surface area contributed by atoms with Crippen LogP contribution in [0.3, 0.4) is 0 Å². The average molecular weight is 200 g/mol. The summed E-state index contributed by atoms with van der Waals surface area (Å²) < 4.78 is 5.06. The Bertz CT molecular complexity index is 220. The zero-order valence-electron chi connectivity index (χ0n) is 9.41. The Morgan fingerprint density at radius 1 is 1.36 bits per heavy atom. The number of hydrogen-bond donors (Lipinski definition) is 1. The van der Waals surface area contributed by atoms with Crippen molar-refractivity contribution in [2.24, 2.45) is 11.7 Å². The van der Waals surface area contributed by atoms with Gasteiger partial charge in [-0.3, -0.25) is 0 Å². The summed E-state index contributed by atoms with van der Waals surface area (Å²) in [5.41, 5.74) is 5.84. The fourth-order valence-corrected chi connectivity index (χ4v) is 1.43. The molecule has 1 saturated heterocycles. The van der Waals surface area contributed by atoms with Gasteiger partial charge in [-0.2, -0.15) is 0 Å². The maximum Gasteiger partial charge on any atom is 0.410 e. The van der Waals surface area contributed by atoms with Crippen molar-refractivity contribution >= 4 is 6.09 Å². The largest absolute Gasteiger partial charge is 0.447 e. The monoisotopic (exact) mass is 200 g/mol. The van der Waals surface area contributed by atoms with E-state index < -0.39 is 0 Å². The fraction of sp³-hybridized carbons (Fsp3) is 0.900. The lowest BCUT2D eigenvalue weighted by Gasteiger charge is -2.49. The predicted octanol–water partition coefficient (Wildman–Crippen LogP) is 1.20. The Balaban J connectivity index is 2.37. The van der Waals surface area contributed by atoms with Gasteiger partial charge in [-0.15, -0.1) is 0 Å². The number of hydrogen-bond acceptors (Lipinski definition) is 3. The molecule has 14 heavy (non-hydrogen) atoms. The summed E-state index contributed by atoms with van der Waals surface area (Å²) >= 11 is 0. The average Bonchev–Trinajstić information content (AvgIpc) is 1.96. The fourth-order valence-electron chi connectivity index (χ4n) is 1.43. The molecule has 1 fully saturated rings. The first-order chi connectivity index (χ1) is 6.35. The molecule has 0 atom stereocenters. The lowest BCUT2D eigenvalue weighted by Crippen LogP contribution is -2.71. The van der Waals surface area contributed by atoms with Crippen LogP contribution in [0.15, 0.2) is 0 Å². The molecular weight excluding hydrogens is 180 g/mol. The number of ether oxygens (including phenoxy) is 1. The highest BCUT2D eigenvalue weighted by atomic mass is 16.6. The highest BCUT2D eigenvalue weighted by molar-refractivity contribution is 5.69. The molecule has 1 heterocycles. The second kappa shape index (κ2) is 3.77. The van der Waals surface area contributed by atoms with Crippen LogP contribution < -0.4 is 5.73 Å². The van der Waals surface area contributed by atoms with E-state index in [2.05, 4.69) is 13.8 Å². The van der Waals surface area contributed by atoms with E-state index in [9.17, 15) is 4.79 Å². The van der Waals surface area contributed by atoms with Crippen molar-refractivity contribution in [3.63, 3.8) is 0 Å². The van der Waals surface area contributed by atoms with Crippen LogP contribution in [0.1, 0.15) is 27.7 Å². The Labute approximate surface area is 85.4 Å². The van der Waals surface area contributed by atoms with Crippen molar-refractivity contribution in [2.75, 3.05) is 13.1 Å². The SMILES string of the molecule is CC(C)OC(=O)N1CC(N)(C(C)C)C1. The quantitative estimate of drug-likeness (QED) is 0.728. The van der Waals surface area contributed by atoms with E-state index in [1.807, 2.05) is 13.8 Å².